The van der Waals surface area contributed by atoms with Gasteiger partial charge in [-0.15, -0.1) is 0 Å². The molecule has 2 nitrogen and oxygen atoms in total. The van der Waals surface area contributed by atoms with Crippen molar-refractivity contribution in [2.24, 2.45) is 7.05 Å². The Labute approximate surface area is 68.2 Å². The van der Waals surface area contributed by atoms with Gasteiger partial charge in [0.2, 0.25) is 0 Å². The van der Waals surface area contributed by atoms with Crippen molar-refractivity contribution in [3.8, 4) is 0 Å². The van der Waals surface area contributed by atoms with Crippen LogP contribution in [0.5, 0.6) is 0 Å². The molecular formula is C9H15N2. The molecule has 0 aliphatic heterocycles. The minimum Gasteiger partial charge on any atom is -0.272 e. The summed E-state index contributed by atoms with van der Waals surface area (Å²) in [6.45, 7) is 5.99. The fourth-order valence-electron chi connectivity index (χ4n) is 1.18. The van der Waals surface area contributed by atoms with E-state index in [-0.39, 0.29) is 0 Å². The summed E-state index contributed by atoms with van der Waals surface area (Å²) in [5, 5.41) is 4.35. The second-order valence-electron chi connectivity index (χ2n) is 2.75. The third kappa shape index (κ3) is 1.82. The summed E-state index contributed by atoms with van der Waals surface area (Å²) < 4.78 is 1.91. The topological polar surface area (TPSA) is 17.8 Å². The Bertz CT molecular complexity index is 225. The molecule has 0 fully saturated rings. The van der Waals surface area contributed by atoms with Gasteiger partial charge in [-0.2, -0.15) is 5.10 Å². The largest absolute Gasteiger partial charge is 0.272 e. The second kappa shape index (κ2) is 3.56. The molecule has 0 amide bonds. The molecule has 0 unspecified atom stereocenters. The molecule has 0 saturated heterocycles. The van der Waals surface area contributed by atoms with Crippen LogP contribution >= 0.6 is 0 Å². The average Bonchev–Trinajstić information content (AvgIpc) is 2.32. The highest BCUT2D eigenvalue weighted by Crippen LogP contribution is 2.05. The van der Waals surface area contributed by atoms with Crippen molar-refractivity contribution in [1.29, 1.82) is 0 Å². The number of hydrogen-bond acceptors (Lipinski definition) is 1. The molecule has 0 saturated carbocycles. The highest BCUT2D eigenvalue weighted by Gasteiger charge is 2.00. The highest BCUT2D eigenvalue weighted by atomic mass is 15.3. The molecule has 11 heavy (non-hydrogen) atoms. The molecule has 1 radical (unpaired) electrons. The number of aryl methyl sites for hydroxylation is 2. The third-order valence-corrected chi connectivity index (χ3v) is 1.79. The van der Waals surface area contributed by atoms with Crippen molar-refractivity contribution in [2.75, 3.05) is 0 Å². The molecule has 0 aliphatic carbocycles. The van der Waals surface area contributed by atoms with Crippen LogP contribution < -0.4 is 0 Å². The lowest BCUT2D eigenvalue weighted by atomic mass is 10.2. The molecule has 1 rings (SSSR count). The predicted molar refractivity (Wildman–Crippen MR) is 46.3 cm³/mol. The summed E-state index contributed by atoms with van der Waals surface area (Å²) in [6.07, 6.45) is 3.06. The molecule has 2 heteroatoms. The summed E-state index contributed by atoms with van der Waals surface area (Å²) in [7, 11) is 1.97. The lowest BCUT2D eigenvalue weighted by Crippen LogP contribution is -1.96. The zero-order chi connectivity index (χ0) is 8.27. The number of rotatable bonds is 3. The monoisotopic (exact) mass is 151 g/mol. The first-order valence-electron chi connectivity index (χ1n) is 4.09. The van der Waals surface area contributed by atoms with Crippen LogP contribution in [0.3, 0.4) is 0 Å². The normalized spacial score (nSPS) is 10.5. The van der Waals surface area contributed by atoms with Crippen LogP contribution in [-0.4, -0.2) is 9.78 Å². The molecule has 0 bridgehead atoms. The highest BCUT2D eigenvalue weighted by molar-refractivity contribution is 5.10. The molecule has 0 atom stereocenters. The quantitative estimate of drug-likeness (QED) is 0.643. The van der Waals surface area contributed by atoms with Crippen LogP contribution in [0.4, 0.5) is 0 Å². The van der Waals surface area contributed by atoms with E-state index in [4.69, 9.17) is 0 Å². The van der Waals surface area contributed by atoms with E-state index in [0.29, 0.717) is 0 Å². The van der Waals surface area contributed by atoms with E-state index >= 15 is 0 Å². The zero-order valence-electron chi connectivity index (χ0n) is 7.30. The van der Waals surface area contributed by atoms with E-state index in [1.54, 1.807) is 0 Å². The van der Waals surface area contributed by atoms with Gasteiger partial charge in [0.1, 0.15) is 0 Å². The smallest absolute Gasteiger partial charge is 0.0627 e. The van der Waals surface area contributed by atoms with Crippen molar-refractivity contribution in [2.45, 2.75) is 26.2 Å². The maximum atomic E-state index is 4.35. The molecule has 0 spiro atoms. The molecule has 61 valence electrons. The molecule has 0 N–H and O–H groups in total. The van der Waals surface area contributed by atoms with Gasteiger partial charge in [0.05, 0.1) is 5.69 Å². The van der Waals surface area contributed by atoms with Crippen molar-refractivity contribution >= 4 is 0 Å². The molecule has 0 aromatic carbocycles. The van der Waals surface area contributed by atoms with Crippen LogP contribution in [-0.2, 0) is 19.9 Å². The van der Waals surface area contributed by atoms with E-state index in [9.17, 15) is 0 Å². The van der Waals surface area contributed by atoms with E-state index in [2.05, 4.69) is 25.0 Å². The van der Waals surface area contributed by atoms with Crippen LogP contribution in [0.25, 0.3) is 0 Å². The van der Waals surface area contributed by atoms with E-state index in [0.717, 1.165) is 19.3 Å². The summed E-state index contributed by atoms with van der Waals surface area (Å²) in [5.74, 6) is 0. The number of hydrogen-bond donors (Lipinski definition) is 0. The molecule has 1 aromatic heterocycles. The first-order valence-corrected chi connectivity index (χ1v) is 4.09. The Kier molecular flexibility index (Phi) is 2.69. The lowest BCUT2D eigenvalue weighted by Gasteiger charge is -1.93. The maximum absolute atomic E-state index is 4.35. The average molecular weight is 151 g/mol. The van der Waals surface area contributed by atoms with Crippen LogP contribution in [0.15, 0.2) is 6.07 Å². The minimum atomic E-state index is 0.827. The van der Waals surface area contributed by atoms with Gasteiger partial charge in [-0.3, -0.25) is 4.68 Å². The van der Waals surface area contributed by atoms with Crippen molar-refractivity contribution in [1.82, 2.24) is 9.78 Å². The number of nitrogens with zero attached hydrogens (tertiary/aromatic N) is 2. The van der Waals surface area contributed by atoms with Crippen LogP contribution in [0.1, 0.15) is 24.7 Å². The first-order chi connectivity index (χ1) is 5.27. The first kappa shape index (κ1) is 8.31. The van der Waals surface area contributed by atoms with Crippen LogP contribution in [0.2, 0.25) is 0 Å². The summed E-state index contributed by atoms with van der Waals surface area (Å²) >= 11 is 0. The number of aromatic nitrogens is 2. The summed E-state index contributed by atoms with van der Waals surface area (Å²) in [4.78, 5) is 0. The summed E-state index contributed by atoms with van der Waals surface area (Å²) in [6, 6.07) is 2.14. The predicted octanol–water partition coefficient (Wildman–Crippen LogP) is 1.75. The Morgan fingerprint density at radius 1 is 1.64 bits per heavy atom. The molecule has 0 aliphatic rings. The minimum absolute atomic E-state index is 0.827. The van der Waals surface area contributed by atoms with Crippen molar-refractivity contribution < 1.29 is 0 Å². The van der Waals surface area contributed by atoms with E-state index in [1.807, 2.05) is 11.7 Å². The van der Waals surface area contributed by atoms with Gasteiger partial charge in [0.15, 0.2) is 0 Å². The Morgan fingerprint density at radius 2 is 2.36 bits per heavy atom. The Morgan fingerprint density at radius 3 is 2.82 bits per heavy atom. The van der Waals surface area contributed by atoms with Gasteiger partial charge in [0, 0.05) is 12.7 Å². The Hall–Kier alpha value is -0.790. The van der Waals surface area contributed by atoms with Gasteiger partial charge in [-0.1, -0.05) is 13.3 Å². The van der Waals surface area contributed by atoms with Gasteiger partial charge in [-0.05, 0) is 25.8 Å². The fourth-order valence-corrected chi connectivity index (χ4v) is 1.18. The SMILES string of the molecule is [CH2]Cc1cc(CCC)nn1C. The summed E-state index contributed by atoms with van der Waals surface area (Å²) in [5.41, 5.74) is 2.40. The van der Waals surface area contributed by atoms with Gasteiger partial charge >= 0.3 is 0 Å². The van der Waals surface area contributed by atoms with Crippen molar-refractivity contribution in [3.05, 3.63) is 24.4 Å². The maximum Gasteiger partial charge on any atom is 0.0627 e. The van der Waals surface area contributed by atoms with Crippen LogP contribution in [0, 0.1) is 6.92 Å². The molecule has 1 heterocycles. The molecule has 1 aromatic rings. The fraction of sp³-hybridized carbons (Fsp3) is 0.556. The third-order valence-electron chi connectivity index (χ3n) is 1.79. The van der Waals surface area contributed by atoms with E-state index in [1.165, 1.54) is 11.4 Å². The van der Waals surface area contributed by atoms with Gasteiger partial charge in [0.25, 0.3) is 0 Å². The lowest BCUT2D eigenvalue weighted by molar-refractivity contribution is 0.704. The standard InChI is InChI=1S/C9H15N2/c1-4-6-8-7-9(5-2)11(3)10-8/h7H,2,4-6H2,1,3H3. The van der Waals surface area contributed by atoms with Gasteiger partial charge in [-0.25, -0.2) is 0 Å². The van der Waals surface area contributed by atoms with Crippen molar-refractivity contribution in [3.63, 3.8) is 0 Å². The zero-order valence-corrected chi connectivity index (χ0v) is 7.30. The second-order valence-corrected chi connectivity index (χ2v) is 2.75. The van der Waals surface area contributed by atoms with Gasteiger partial charge < -0.3 is 0 Å². The molecular weight excluding hydrogens is 136 g/mol. The van der Waals surface area contributed by atoms with E-state index < -0.39 is 0 Å². The Balaban J connectivity index is 2.77.